The third-order valence-electron chi connectivity index (χ3n) is 4.27. The fraction of sp³-hybridized carbons (Fsp3) is 0.733. The van der Waals surface area contributed by atoms with Crippen molar-refractivity contribution >= 4 is 34.8 Å². The Balaban J connectivity index is 0.00000264. The number of nitrogens with zero attached hydrogens (tertiary/aromatic N) is 2. The van der Waals surface area contributed by atoms with Gasteiger partial charge in [0.1, 0.15) is 11.5 Å². The molecule has 0 spiro atoms. The quantitative estimate of drug-likeness (QED) is 0.756. The molecule has 0 amide bonds. The van der Waals surface area contributed by atoms with E-state index in [2.05, 4.69) is 11.8 Å². The van der Waals surface area contributed by atoms with E-state index in [-0.39, 0.29) is 37.4 Å². The van der Waals surface area contributed by atoms with Crippen LogP contribution in [0.1, 0.15) is 31.3 Å². The van der Waals surface area contributed by atoms with Gasteiger partial charge in [-0.05, 0) is 24.5 Å². The summed E-state index contributed by atoms with van der Waals surface area (Å²) < 4.78 is 29.9. The van der Waals surface area contributed by atoms with Gasteiger partial charge in [0.25, 0.3) is 0 Å². The van der Waals surface area contributed by atoms with Gasteiger partial charge in [0, 0.05) is 26.2 Å². The van der Waals surface area contributed by atoms with Crippen molar-refractivity contribution < 1.29 is 12.8 Å². The van der Waals surface area contributed by atoms with Gasteiger partial charge in [0.2, 0.25) is 10.0 Å². The average Bonchev–Trinajstić information content (AvgIpc) is 2.97. The second kappa shape index (κ2) is 9.99. The summed E-state index contributed by atoms with van der Waals surface area (Å²) in [6.45, 7) is 5.08. The minimum absolute atomic E-state index is 0. The highest BCUT2D eigenvalue weighted by atomic mass is 35.5. The lowest BCUT2D eigenvalue weighted by molar-refractivity contribution is 0.276. The Kier molecular flexibility index (Phi) is 9.86. The van der Waals surface area contributed by atoms with Crippen LogP contribution in [0.25, 0.3) is 0 Å². The Bertz CT molecular complexity index is 595. The molecule has 9 heteroatoms. The van der Waals surface area contributed by atoms with Gasteiger partial charge in [-0.15, -0.1) is 24.8 Å². The molecule has 24 heavy (non-hydrogen) atoms. The zero-order valence-electron chi connectivity index (χ0n) is 14.5. The zero-order valence-corrected chi connectivity index (χ0v) is 16.9. The number of sulfonamides is 1. The van der Waals surface area contributed by atoms with E-state index in [9.17, 15) is 8.42 Å². The monoisotopic (exact) mass is 401 g/mol. The van der Waals surface area contributed by atoms with E-state index in [1.807, 2.05) is 12.1 Å². The molecule has 2 atom stereocenters. The van der Waals surface area contributed by atoms with Crippen LogP contribution in [0.15, 0.2) is 16.5 Å². The van der Waals surface area contributed by atoms with Crippen molar-refractivity contribution in [2.24, 2.45) is 11.7 Å². The Morgan fingerprint density at radius 1 is 1.29 bits per heavy atom. The van der Waals surface area contributed by atoms with Crippen LogP contribution >= 0.6 is 24.8 Å². The molecule has 0 saturated carbocycles. The summed E-state index contributed by atoms with van der Waals surface area (Å²) in [5.41, 5.74) is 6.18. The average molecular weight is 402 g/mol. The van der Waals surface area contributed by atoms with Gasteiger partial charge in [-0.3, -0.25) is 4.90 Å². The number of likely N-dealkylation sites (tertiary alicyclic amines) is 1. The summed E-state index contributed by atoms with van der Waals surface area (Å²) in [7, 11) is -1.64. The first-order valence-corrected chi connectivity index (χ1v) is 9.61. The lowest BCUT2D eigenvalue weighted by Crippen LogP contribution is -2.29. The number of hydrogen-bond donors (Lipinski definition) is 1. The molecule has 0 radical (unpaired) electrons. The van der Waals surface area contributed by atoms with Crippen molar-refractivity contribution in [1.29, 1.82) is 0 Å². The molecular weight excluding hydrogens is 373 g/mol. The first kappa shape index (κ1) is 23.7. The molecule has 0 aliphatic carbocycles. The molecule has 1 aromatic rings. The Hall–Kier alpha value is -0.310. The molecular formula is C15H29Cl2N3O3S. The highest BCUT2D eigenvalue weighted by molar-refractivity contribution is 7.88. The SMILES string of the molecule is CCC[C@H]1CN(Cc2ccc(CN(C)S(C)(=O)=O)o2)C[C@@H]1N.Cl.Cl. The van der Waals surface area contributed by atoms with Crippen molar-refractivity contribution in [2.45, 2.75) is 38.9 Å². The molecule has 1 aliphatic rings. The number of halogens is 2. The molecule has 1 aliphatic heterocycles. The minimum Gasteiger partial charge on any atom is -0.463 e. The van der Waals surface area contributed by atoms with Crippen molar-refractivity contribution in [3.8, 4) is 0 Å². The molecule has 0 aromatic carbocycles. The molecule has 1 fully saturated rings. The van der Waals surface area contributed by atoms with Crippen LogP contribution in [-0.2, 0) is 23.1 Å². The van der Waals surface area contributed by atoms with Gasteiger partial charge in [-0.1, -0.05) is 13.3 Å². The maximum Gasteiger partial charge on any atom is 0.211 e. The molecule has 2 heterocycles. The smallest absolute Gasteiger partial charge is 0.211 e. The Morgan fingerprint density at radius 2 is 1.92 bits per heavy atom. The summed E-state index contributed by atoms with van der Waals surface area (Å²) >= 11 is 0. The van der Waals surface area contributed by atoms with E-state index in [1.54, 1.807) is 7.05 Å². The maximum absolute atomic E-state index is 11.4. The molecule has 0 bridgehead atoms. The topological polar surface area (TPSA) is 79.8 Å². The van der Waals surface area contributed by atoms with Crippen LogP contribution < -0.4 is 5.73 Å². The van der Waals surface area contributed by atoms with E-state index < -0.39 is 10.0 Å². The number of hydrogen-bond acceptors (Lipinski definition) is 5. The fourth-order valence-electron chi connectivity index (χ4n) is 2.94. The number of rotatable bonds is 7. The van der Waals surface area contributed by atoms with Crippen LogP contribution in [0, 0.1) is 5.92 Å². The van der Waals surface area contributed by atoms with Crippen molar-refractivity contribution in [1.82, 2.24) is 9.21 Å². The normalized spacial score (nSPS) is 21.5. The first-order valence-electron chi connectivity index (χ1n) is 7.76. The van der Waals surface area contributed by atoms with Gasteiger partial charge in [-0.25, -0.2) is 8.42 Å². The second-order valence-electron chi connectivity index (χ2n) is 6.29. The molecule has 2 rings (SSSR count). The summed E-state index contributed by atoms with van der Waals surface area (Å²) in [6, 6.07) is 4.01. The summed E-state index contributed by atoms with van der Waals surface area (Å²) in [5, 5.41) is 0. The highest BCUT2D eigenvalue weighted by Gasteiger charge is 2.29. The molecule has 142 valence electrons. The van der Waals surface area contributed by atoms with E-state index in [1.165, 1.54) is 17.0 Å². The molecule has 2 N–H and O–H groups in total. The van der Waals surface area contributed by atoms with Crippen molar-refractivity contribution in [3.63, 3.8) is 0 Å². The number of nitrogens with two attached hydrogens (primary N) is 1. The van der Waals surface area contributed by atoms with Crippen molar-refractivity contribution in [3.05, 3.63) is 23.7 Å². The van der Waals surface area contributed by atoms with Crippen LogP contribution in [0.4, 0.5) is 0 Å². The highest BCUT2D eigenvalue weighted by Crippen LogP contribution is 2.22. The van der Waals surface area contributed by atoms with Crippen LogP contribution in [0.2, 0.25) is 0 Å². The zero-order chi connectivity index (χ0) is 16.3. The van der Waals surface area contributed by atoms with Gasteiger partial charge >= 0.3 is 0 Å². The van der Waals surface area contributed by atoms with Gasteiger partial charge in [-0.2, -0.15) is 4.31 Å². The predicted octanol–water partition coefficient (Wildman–Crippen LogP) is 2.07. The van der Waals surface area contributed by atoms with Crippen LogP contribution in [0.3, 0.4) is 0 Å². The maximum atomic E-state index is 11.4. The molecule has 1 saturated heterocycles. The van der Waals surface area contributed by atoms with Crippen molar-refractivity contribution in [2.75, 3.05) is 26.4 Å². The van der Waals surface area contributed by atoms with E-state index >= 15 is 0 Å². The molecule has 6 nitrogen and oxygen atoms in total. The Morgan fingerprint density at radius 3 is 2.50 bits per heavy atom. The Labute approximate surface area is 157 Å². The lowest BCUT2D eigenvalue weighted by atomic mass is 9.99. The number of furan rings is 1. The van der Waals surface area contributed by atoms with Gasteiger partial charge < -0.3 is 10.2 Å². The van der Waals surface area contributed by atoms with Gasteiger partial charge in [0.15, 0.2) is 0 Å². The van der Waals surface area contributed by atoms with E-state index in [0.717, 1.165) is 31.8 Å². The summed E-state index contributed by atoms with van der Waals surface area (Å²) in [5.74, 6) is 2.09. The third-order valence-corrected chi connectivity index (χ3v) is 5.53. The lowest BCUT2D eigenvalue weighted by Gasteiger charge is -2.14. The van der Waals surface area contributed by atoms with Crippen LogP contribution in [-0.4, -0.2) is 50.1 Å². The largest absolute Gasteiger partial charge is 0.463 e. The molecule has 0 unspecified atom stereocenters. The van der Waals surface area contributed by atoms with E-state index in [4.69, 9.17) is 10.2 Å². The molecule has 1 aromatic heterocycles. The third kappa shape index (κ3) is 6.54. The summed E-state index contributed by atoms with van der Waals surface area (Å²) in [4.78, 5) is 2.31. The fourth-order valence-corrected chi connectivity index (χ4v) is 3.31. The summed E-state index contributed by atoms with van der Waals surface area (Å²) in [6.07, 6.45) is 3.52. The van der Waals surface area contributed by atoms with E-state index in [0.29, 0.717) is 11.7 Å². The standard InChI is InChI=1S/C15H27N3O3S.2ClH/c1-4-5-12-8-18(11-15(12)16)10-14-7-6-13(21-14)9-17(2)22(3,19)20;;/h6-7,12,15H,4-5,8-11,16H2,1-3H3;2*1H/t12-,15-;;/m0../s1. The minimum atomic E-state index is -3.19. The first-order chi connectivity index (χ1) is 10.3. The second-order valence-corrected chi connectivity index (χ2v) is 8.38. The predicted molar refractivity (Wildman–Crippen MR) is 101 cm³/mol. The van der Waals surface area contributed by atoms with Crippen LogP contribution in [0.5, 0.6) is 0 Å². The van der Waals surface area contributed by atoms with Gasteiger partial charge in [0.05, 0.1) is 19.3 Å².